The fourth-order valence-corrected chi connectivity index (χ4v) is 2.57. The lowest BCUT2D eigenvalue weighted by molar-refractivity contribution is 0.227. The minimum atomic E-state index is 0.585. The van der Waals surface area contributed by atoms with E-state index in [9.17, 15) is 0 Å². The van der Waals surface area contributed by atoms with Gasteiger partial charge in [-0.15, -0.1) is 0 Å². The Balaban J connectivity index is 1.94. The van der Waals surface area contributed by atoms with Gasteiger partial charge in [0.1, 0.15) is 5.82 Å². The van der Waals surface area contributed by atoms with Crippen molar-refractivity contribution in [3.8, 4) is 11.3 Å². The van der Waals surface area contributed by atoms with Gasteiger partial charge < -0.3 is 5.73 Å². The van der Waals surface area contributed by atoms with Gasteiger partial charge in [0.2, 0.25) is 0 Å². The highest BCUT2D eigenvalue weighted by atomic mass is 15.3. The molecule has 1 aliphatic rings. The lowest BCUT2D eigenvalue weighted by Crippen LogP contribution is -2.24. The summed E-state index contributed by atoms with van der Waals surface area (Å²) in [4.78, 5) is 2.47. The van der Waals surface area contributed by atoms with Crippen molar-refractivity contribution in [3.63, 3.8) is 0 Å². The Hall–Kier alpha value is -1.81. The summed E-state index contributed by atoms with van der Waals surface area (Å²) >= 11 is 0. The second kappa shape index (κ2) is 4.38. The number of aromatic nitrogens is 2. The van der Waals surface area contributed by atoms with Crippen LogP contribution in [0, 0.1) is 0 Å². The first kappa shape index (κ1) is 12.2. The summed E-state index contributed by atoms with van der Waals surface area (Å²) in [7, 11) is 1.87. The van der Waals surface area contributed by atoms with E-state index in [0.717, 1.165) is 24.3 Å². The normalized spacial score (nSPS) is 15.2. The standard InChI is InChI=1S/C15H20N4/c1-10(2)19-8-12-5-4-11(6-13(12)9-19)14-7-15(16)18(3)17-14/h4-7,10H,8-9,16H2,1-3H3. The quantitative estimate of drug-likeness (QED) is 0.897. The minimum Gasteiger partial charge on any atom is -0.384 e. The van der Waals surface area contributed by atoms with E-state index in [1.807, 2.05) is 13.1 Å². The summed E-state index contributed by atoms with van der Waals surface area (Å²) in [6, 6.07) is 9.12. The van der Waals surface area contributed by atoms with Crippen LogP contribution in [0.5, 0.6) is 0 Å². The van der Waals surface area contributed by atoms with Crippen LogP contribution in [0.4, 0.5) is 5.82 Å². The Kier molecular flexibility index (Phi) is 2.82. The summed E-state index contributed by atoms with van der Waals surface area (Å²) in [5.74, 6) is 0.694. The van der Waals surface area contributed by atoms with Crippen molar-refractivity contribution in [2.24, 2.45) is 7.05 Å². The van der Waals surface area contributed by atoms with Crippen molar-refractivity contribution in [2.45, 2.75) is 33.0 Å². The molecule has 0 aliphatic carbocycles. The van der Waals surface area contributed by atoms with Gasteiger partial charge in [0.05, 0.1) is 5.69 Å². The van der Waals surface area contributed by atoms with Crippen molar-refractivity contribution in [1.29, 1.82) is 0 Å². The summed E-state index contributed by atoms with van der Waals surface area (Å²) in [6.45, 7) is 6.57. The molecule has 1 aliphatic heterocycles. The van der Waals surface area contributed by atoms with Crippen molar-refractivity contribution < 1.29 is 0 Å². The molecular weight excluding hydrogens is 236 g/mol. The smallest absolute Gasteiger partial charge is 0.121 e. The number of nitrogens with zero attached hydrogens (tertiary/aromatic N) is 3. The number of nitrogen functional groups attached to an aromatic ring is 1. The van der Waals surface area contributed by atoms with E-state index in [0.29, 0.717) is 11.9 Å². The first-order chi connectivity index (χ1) is 9.04. The van der Waals surface area contributed by atoms with E-state index in [-0.39, 0.29) is 0 Å². The SMILES string of the molecule is CC(C)N1Cc2ccc(-c3cc(N)n(C)n3)cc2C1. The Morgan fingerprint density at radius 1 is 1.16 bits per heavy atom. The van der Waals surface area contributed by atoms with Crippen LogP contribution < -0.4 is 5.73 Å². The Bertz CT molecular complexity index is 593. The zero-order chi connectivity index (χ0) is 13.6. The van der Waals surface area contributed by atoms with E-state index in [4.69, 9.17) is 5.73 Å². The molecule has 4 heteroatoms. The average Bonchev–Trinajstić information content (AvgIpc) is 2.93. The van der Waals surface area contributed by atoms with Gasteiger partial charge >= 0.3 is 0 Å². The Labute approximate surface area is 113 Å². The van der Waals surface area contributed by atoms with E-state index < -0.39 is 0 Å². The predicted octanol–water partition coefficient (Wildman–Crippen LogP) is 2.39. The molecule has 0 unspecified atom stereocenters. The largest absolute Gasteiger partial charge is 0.384 e. The topological polar surface area (TPSA) is 47.1 Å². The van der Waals surface area contributed by atoms with Crippen molar-refractivity contribution in [1.82, 2.24) is 14.7 Å². The highest BCUT2D eigenvalue weighted by Gasteiger charge is 2.21. The summed E-state index contributed by atoms with van der Waals surface area (Å²) in [5.41, 5.74) is 10.8. The predicted molar refractivity (Wildman–Crippen MR) is 77.4 cm³/mol. The van der Waals surface area contributed by atoms with E-state index >= 15 is 0 Å². The first-order valence-corrected chi connectivity index (χ1v) is 6.70. The van der Waals surface area contributed by atoms with Gasteiger partial charge in [-0.25, -0.2) is 0 Å². The summed E-state index contributed by atoms with van der Waals surface area (Å²) in [5, 5.41) is 4.44. The fourth-order valence-electron chi connectivity index (χ4n) is 2.57. The van der Waals surface area contributed by atoms with Crippen LogP contribution in [0.1, 0.15) is 25.0 Å². The van der Waals surface area contributed by atoms with E-state index in [1.165, 1.54) is 11.1 Å². The van der Waals surface area contributed by atoms with Gasteiger partial charge in [-0.1, -0.05) is 12.1 Å². The molecule has 2 N–H and O–H groups in total. The molecule has 0 fully saturated rings. The number of anilines is 1. The molecular formula is C15H20N4. The molecule has 3 rings (SSSR count). The molecule has 4 nitrogen and oxygen atoms in total. The molecule has 1 aromatic heterocycles. The van der Waals surface area contributed by atoms with Crippen LogP contribution in [-0.4, -0.2) is 20.7 Å². The number of hydrogen-bond donors (Lipinski definition) is 1. The second-order valence-electron chi connectivity index (χ2n) is 5.56. The van der Waals surface area contributed by atoms with Crippen molar-refractivity contribution >= 4 is 5.82 Å². The molecule has 100 valence electrons. The van der Waals surface area contributed by atoms with Crippen LogP contribution in [0.2, 0.25) is 0 Å². The lowest BCUT2D eigenvalue weighted by atomic mass is 10.0. The molecule has 0 saturated carbocycles. The van der Waals surface area contributed by atoms with Crippen LogP contribution in [0.3, 0.4) is 0 Å². The molecule has 2 heterocycles. The molecule has 0 radical (unpaired) electrons. The van der Waals surface area contributed by atoms with E-state index in [1.54, 1.807) is 4.68 Å². The van der Waals surface area contributed by atoms with Crippen LogP contribution >= 0.6 is 0 Å². The van der Waals surface area contributed by atoms with Crippen molar-refractivity contribution in [3.05, 3.63) is 35.4 Å². The third kappa shape index (κ3) is 2.12. The minimum absolute atomic E-state index is 0.585. The molecule has 0 saturated heterocycles. The maximum absolute atomic E-state index is 5.84. The molecule has 0 spiro atoms. The molecule has 0 atom stereocenters. The van der Waals surface area contributed by atoms with Gasteiger partial charge in [-0.2, -0.15) is 5.10 Å². The molecule has 19 heavy (non-hydrogen) atoms. The monoisotopic (exact) mass is 256 g/mol. The van der Waals surface area contributed by atoms with Crippen LogP contribution in [0.25, 0.3) is 11.3 Å². The number of rotatable bonds is 2. The van der Waals surface area contributed by atoms with Crippen LogP contribution in [-0.2, 0) is 20.1 Å². The third-order valence-corrected chi connectivity index (χ3v) is 3.90. The fraction of sp³-hybridized carbons (Fsp3) is 0.400. The molecule has 2 aromatic rings. The maximum Gasteiger partial charge on any atom is 0.121 e. The Morgan fingerprint density at radius 3 is 2.53 bits per heavy atom. The number of hydrogen-bond acceptors (Lipinski definition) is 3. The first-order valence-electron chi connectivity index (χ1n) is 6.70. The molecule has 0 amide bonds. The Morgan fingerprint density at radius 2 is 1.89 bits per heavy atom. The maximum atomic E-state index is 5.84. The average molecular weight is 256 g/mol. The highest BCUT2D eigenvalue weighted by Crippen LogP contribution is 2.29. The zero-order valence-electron chi connectivity index (χ0n) is 11.7. The number of aryl methyl sites for hydroxylation is 1. The molecule has 1 aromatic carbocycles. The number of benzene rings is 1. The summed E-state index contributed by atoms with van der Waals surface area (Å²) in [6.07, 6.45) is 0. The van der Waals surface area contributed by atoms with Gasteiger partial charge in [-0.3, -0.25) is 9.58 Å². The van der Waals surface area contributed by atoms with Gasteiger partial charge in [-0.05, 0) is 31.0 Å². The lowest BCUT2D eigenvalue weighted by Gasteiger charge is -2.18. The summed E-state index contributed by atoms with van der Waals surface area (Å²) < 4.78 is 1.71. The van der Waals surface area contributed by atoms with E-state index in [2.05, 4.69) is 42.0 Å². The van der Waals surface area contributed by atoms with Gasteiger partial charge in [0.25, 0.3) is 0 Å². The van der Waals surface area contributed by atoms with Gasteiger partial charge in [0.15, 0.2) is 0 Å². The second-order valence-corrected chi connectivity index (χ2v) is 5.56. The van der Waals surface area contributed by atoms with Gasteiger partial charge in [0, 0.05) is 37.8 Å². The number of fused-ring (bicyclic) bond motifs is 1. The zero-order valence-corrected chi connectivity index (χ0v) is 11.7. The third-order valence-electron chi connectivity index (χ3n) is 3.90. The number of nitrogens with two attached hydrogens (primary N) is 1. The highest BCUT2D eigenvalue weighted by molar-refractivity contribution is 5.64. The molecule has 0 bridgehead atoms. The van der Waals surface area contributed by atoms with Crippen molar-refractivity contribution in [2.75, 3.05) is 5.73 Å². The van der Waals surface area contributed by atoms with Crippen LogP contribution in [0.15, 0.2) is 24.3 Å².